The monoisotopic (exact) mass is 453 g/mol. The predicted octanol–water partition coefficient (Wildman–Crippen LogP) is 1.75. The molecule has 10 heteroatoms. The van der Waals surface area contributed by atoms with E-state index in [2.05, 4.69) is 5.32 Å². The van der Waals surface area contributed by atoms with Gasteiger partial charge in [0.2, 0.25) is 0 Å². The molecule has 1 fully saturated rings. The van der Waals surface area contributed by atoms with Crippen LogP contribution in [0.25, 0.3) is 0 Å². The molecule has 0 bridgehead atoms. The Bertz CT molecular complexity index is 542. The van der Waals surface area contributed by atoms with E-state index in [1.165, 1.54) is 0 Å². The Kier molecular flexibility index (Phi) is 10.1. The lowest BCUT2D eigenvalue weighted by atomic mass is 9.97. The lowest BCUT2D eigenvalue weighted by molar-refractivity contribution is -0.160. The molecule has 170 valence electrons. The van der Waals surface area contributed by atoms with Crippen molar-refractivity contribution in [1.29, 1.82) is 0 Å². The summed E-state index contributed by atoms with van der Waals surface area (Å²) in [5.41, 5.74) is -1.47. The molecule has 0 aromatic carbocycles. The van der Waals surface area contributed by atoms with E-state index in [1.807, 2.05) is 0 Å². The van der Waals surface area contributed by atoms with Crippen molar-refractivity contribution in [3.63, 3.8) is 0 Å². The average molecular weight is 454 g/mol. The highest BCUT2D eigenvalue weighted by molar-refractivity contribution is 8.17. The number of hydrogen-bond donors (Lipinski definition) is 4. The van der Waals surface area contributed by atoms with Gasteiger partial charge in [-0.05, 0) is 59.5 Å². The fourth-order valence-electron chi connectivity index (χ4n) is 2.39. The summed E-state index contributed by atoms with van der Waals surface area (Å²) >= 11 is 3.13. The Balaban J connectivity index is 2.81. The molecule has 1 aliphatic rings. The molecule has 4 N–H and O–H groups in total. The molecule has 0 aliphatic carbocycles. The van der Waals surface area contributed by atoms with Gasteiger partial charge in [-0.1, -0.05) is 0 Å². The number of ether oxygens (including phenoxy) is 2. The van der Waals surface area contributed by atoms with Crippen LogP contribution >= 0.6 is 23.5 Å². The highest BCUT2D eigenvalue weighted by Crippen LogP contribution is 2.35. The van der Waals surface area contributed by atoms with Crippen LogP contribution in [0.1, 0.15) is 48.0 Å². The fraction of sp³-hybridized carbons (Fsp3) is 0.895. The molecule has 4 atom stereocenters. The number of aliphatic hydroxyl groups excluding tert-OH is 3. The summed E-state index contributed by atoms with van der Waals surface area (Å²) in [6, 6.07) is -0.858. The summed E-state index contributed by atoms with van der Waals surface area (Å²) in [7, 11) is 0. The Morgan fingerprint density at radius 1 is 1.03 bits per heavy atom. The van der Waals surface area contributed by atoms with Gasteiger partial charge in [-0.15, -0.1) is 23.5 Å². The fourth-order valence-corrected chi connectivity index (χ4v) is 5.49. The van der Waals surface area contributed by atoms with Crippen molar-refractivity contribution in [2.24, 2.45) is 5.41 Å². The molecule has 0 saturated carbocycles. The number of hydrogen-bond acceptors (Lipinski definition) is 9. The third-order valence-electron chi connectivity index (χ3n) is 3.94. The number of nitrogens with one attached hydrogen (secondary N) is 1. The largest absolute Gasteiger partial charge is 0.462 e. The highest BCUT2D eigenvalue weighted by Gasteiger charge is 2.39. The van der Waals surface area contributed by atoms with Gasteiger partial charge in [-0.3, -0.25) is 4.79 Å². The van der Waals surface area contributed by atoms with Crippen LogP contribution in [-0.4, -0.2) is 80.0 Å². The Labute approximate surface area is 181 Å². The van der Waals surface area contributed by atoms with Gasteiger partial charge in [0.25, 0.3) is 0 Å². The average Bonchev–Trinajstić information content (AvgIpc) is 2.61. The number of rotatable bonds is 7. The highest BCUT2D eigenvalue weighted by atomic mass is 32.2. The minimum Gasteiger partial charge on any atom is -0.462 e. The summed E-state index contributed by atoms with van der Waals surface area (Å²) < 4.78 is 10.1. The van der Waals surface area contributed by atoms with E-state index in [-0.39, 0.29) is 4.58 Å². The number of alkyl carbamates (subject to hydrolysis) is 1. The third-order valence-corrected chi connectivity index (χ3v) is 7.05. The van der Waals surface area contributed by atoms with E-state index in [0.29, 0.717) is 0 Å². The van der Waals surface area contributed by atoms with E-state index in [1.54, 1.807) is 65.1 Å². The van der Waals surface area contributed by atoms with Crippen molar-refractivity contribution >= 4 is 35.6 Å². The molecule has 0 spiro atoms. The van der Waals surface area contributed by atoms with Crippen LogP contribution in [0.3, 0.4) is 0 Å². The molecular formula is C19H35NO7S2. The molecule has 0 radical (unpaired) electrons. The first-order valence-electron chi connectivity index (χ1n) is 9.66. The predicted molar refractivity (Wildman–Crippen MR) is 115 cm³/mol. The molecule has 1 aliphatic heterocycles. The number of thioether (sulfide) groups is 2. The first-order valence-corrected chi connectivity index (χ1v) is 11.8. The lowest BCUT2D eigenvalue weighted by Crippen LogP contribution is -2.57. The van der Waals surface area contributed by atoms with Crippen LogP contribution < -0.4 is 5.32 Å². The van der Waals surface area contributed by atoms with Crippen molar-refractivity contribution in [2.45, 2.75) is 82.5 Å². The summed E-state index contributed by atoms with van der Waals surface area (Å²) in [5, 5.41) is 34.0. The van der Waals surface area contributed by atoms with E-state index < -0.39 is 54.0 Å². The van der Waals surface area contributed by atoms with E-state index >= 15 is 0 Å². The zero-order chi connectivity index (χ0) is 22.4. The summed E-state index contributed by atoms with van der Waals surface area (Å²) in [6.45, 7) is 9.74. The van der Waals surface area contributed by atoms with Gasteiger partial charge in [0, 0.05) is 0 Å². The minimum atomic E-state index is -1.62. The van der Waals surface area contributed by atoms with Crippen molar-refractivity contribution in [3.05, 3.63) is 0 Å². The number of aliphatic hydroxyl groups is 3. The number of esters is 1. The topological polar surface area (TPSA) is 125 Å². The summed E-state index contributed by atoms with van der Waals surface area (Å²) in [6.07, 6.45) is -4.30. The van der Waals surface area contributed by atoms with Crippen LogP contribution in [0.15, 0.2) is 0 Å². The minimum absolute atomic E-state index is 0.217. The third kappa shape index (κ3) is 9.33. The maximum Gasteiger partial charge on any atom is 0.408 e. The van der Waals surface area contributed by atoms with Gasteiger partial charge in [0.15, 0.2) is 0 Å². The van der Waals surface area contributed by atoms with Gasteiger partial charge in [0.05, 0.1) is 16.0 Å². The number of carbonyl (C=O) groups is 2. The molecule has 0 aromatic heterocycles. The SMILES string of the molecule is CC(C)(C)OC(=O)N[C@@H](C1SCCCS1)[C@@H](O)[C@H](O)[C@H](O)COC(=O)C(C)(C)C. The Morgan fingerprint density at radius 2 is 1.59 bits per heavy atom. The van der Waals surface area contributed by atoms with Crippen LogP contribution in [0.2, 0.25) is 0 Å². The normalized spacial score (nSPS) is 20.3. The van der Waals surface area contributed by atoms with E-state index in [9.17, 15) is 24.9 Å². The summed E-state index contributed by atoms with van der Waals surface area (Å²) in [5.74, 6) is 1.19. The molecular weight excluding hydrogens is 418 g/mol. The van der Waals surface area contributed by atoms with Crippen molar-refractivity contribution in [1.82, 2.24) is 5.32 Å². The zero-order valence-corrected chi connectivity index (χ0v) is 19.6. The van der Waals surface area contributed by atoms with Gasteiger partial charge in [-0.2, -0.15) is 0 Å². The van der Waals surface area contributed by atoms with Gasteiger partial charge < -0.3 is 30.1 Å². The first-order chi connectivity index (χ1) is 13.2. The second-order valence-corrected chi connectivity index (χ2v) is 11.8. The van der Waals surface area contributed by atoms with Crippen LogP contribution in [0.5, 0.6) is 0 Å². The van der Waals surface area contributed by atoms with Crippen LogP contribution in [0, 0.1) is 5.41 Å². The number of carbonyl (C=O) groups excluding carboxylic acids is 2. The molecule has 8 nitrogen and oxygen atoms in total. The molecule has 0 aromatic rings. The second-order valence-electron chi connectivity index (χ2n) is 9.03. The van der Waals surface area contributed by atoms with E-state index in [0.717, 1.165) is 17.9 Å². The lowest BCUT2D eigenvalue weighted by Gasteiger charge is -2.36. The van der Waals surface area contributed by atoms with Gasteiger partial charge >= 0.3 is 12.1 Å². The maximum absolute atomic E-state index is 12.3. The molecule has 1 heterocycles. The smallest absolute Gasteiger partial charge is 0.408 e. The van der Waals surface area contributed by atoms with Crippen molar-refractivity contribution in [3.8, 4) is 0 Å². The standard InChI is InChI=1S/C19H35NO7S2/c1-18(2,3)16(24)26-10-11(21)13(22)14(23)12(15-28-8-7-9-29-15)20-17(25)27-19(4,5)6/h11-15,21-23H,7-10H2,1-6H3,(H,20,25)/t11-,12-,13-,14-/m1/s1. The molecule has 1 rings (SSSR count). The van der Waals surface area contributed by atoms with Crippen LogP contribution in [0.4, 0.5) is 4.79 Å². The second kappa shape index (κ2) is 11.1. The maximum atomic E-state index is 12.3. The van der Waals surface area contributed by atoms with Crippen molar-refractivity contribution in [2.75, 3.05) is 18.1 Å². The zero-order valence-electron chi connectivity index (χ0n) is 18.0. The first kappa shape index (κ1) is 26.4. The molecule has 1 saturated heterocycles. The molecule has 0 unspecified atom stereocenters. The quantitative estimate of drug-likeness (QED) is 0.427. The number of amides is 1. The Morgan fingerprint density at radius 3 is 2.07 bits per heavy atom. The Hall–Kier alpha value is -0.680. The van der Waals surface area contributed by atoms with Crippen LogP contribution in [-0.2, 0) is 14.3 Å². The molecule has 29 heavy (non-hydrogen) atoms. The van der Waals surface area contributed by atoms with Gasteiger partial charge in [0.1, 0.15) is 30.5 Å². The molecule has 1 amide bonds. The summed E-state index contributed by atoms with van der Waals surface area (Å²) in [4.78, 5) is 24.1. The van der Waals surface area contributed by atoms with Crippen molar-refractivity contribution < 1.29 is 34.4 Å². The van der Waals surface area contributed by atoms with Gasteiger partial charge in [-0.25, -0.2) is 4.79 Å². The van der Waals surface area contributed by atoms with E-state index in [4.69, 9.17) is 9.47 Å².